The van der Waals surface area contributed by atoms with Gasteiger partial charge in [-0.25, -0.2) is 0 Å². The number of para-hydroxylation sites is 1. The van der Waals surface area contributed by atoms with Crippen molar-refractivity contribution in [3.05, 3.63) is 59.1 Å². The number of nitrogens with zero attached hydrogens (tertiary/aromatic N) is 3. The number of halogens is 1. The van der Waals surface area contributed by atoms with Crippen molar-refractivity contribution in [1.29, 1.82) is 0 Å². The molecule has 0 spiro atoms. The van der Waals surface area contributed by atoms with Crippen LogP contribution in [0.25, 0.3) is 11.4 Å². The van der Waals surface area contributed by atoms with E-state index in [0.29, 0.717) is 27.3 Å². The van der Waals surface area contributed by atoms with Crippen molar-refractivity contribution in [2.75, 3.05) is 5.32 Å². The Hall–Kier alpha value is -2.64. The lowest BCUT2D eigenvalue weighted by molar-refractivity contribution is -0.115. The lowest BCUT2D eigenvalue weighted by Crippen LogP contribution is -2.23. The van der Waals surface area contributed by atoms with Gasteiger partial charge in [0.05, 0.1) is 10.9 Å². The molecule has 144 valence electrons. The van der Waals surface area contributed by atoms with Crippen LogP contribution in [0.3, 0.4) is 0 Å². The van der Waals surface area contributed by atoms with Crippen molar-refractivity contribution < 1.29 is 9.59 Å². The van der Waals surface area contributed by atoms with Gasteiger partial charge in [0.15, 0.2) is 16.8 Å². The topological polar surface area (TPSA) is 76.9 Å². The van der Waals surface area contributed by atoms with Crippen molar-refractivity contribution in [3.63, 3.8) is 0 Å². The monoisotopic (exact) mass is 414 g/mol. The molecule has 3 rings (SSSR count). The van der Waals surface area contributed by atoms with Gasteiger partial charge < -0.3 is 9.88 Å². The summed E-state index contributed by atoms with van der Waals surface area (Å²) in [6.07, 6.45) is 0. The van der Waals surface area contributed by atoms with Crippen LogP contribution in [-0.4, -0.2) is 31.7 Å². The molecular weight excluding hydrogens is 396 g/mol. The number of thioether (sulfide) groups is 1. The first kappa shape index (κ1) is 20.1. The third kappa shape index (κ3) is 4.43. The average molecular weight is 415 g/mol. The van der Waals surface area contributed by atoms with E-state index in [1.807, 2.05) is 23.7 Å². The Bertz CT molecular complexity index is 1020. The Morgan fingerprint density at radius 1 is 1.11 bits per heavy atom. The van der Waals surface area contributed by atoms with Gasteiger partial charge in [0.25, 0.3) is 0 Å². The van der Waals surface area contributed by atoms with Gasteiger partial charge in [0, 0.05) is 23.2 Å². The smallest absolute Gasteiger partial charge is 0.237 e. The number of rotatable bonds is 6. The molecule has 1 N–H and O–H groups in total. The van der Waals surface area contributed by atoms with Crippen molar-refractivity contribution >= 4 is 40.7 Å². The quantitative estimate of drug-likeness (QED) is 0.476. The molecule has 0 radical (unpaired) electrons. The molecule has 1 amide bonds. The highest BCUT2D eigenvalue weighted by atomic mass is 35.5. The second kappa shape index (κ2) is 8.58. The van der Waals surface area contributed by atoms with Crippen LogP contribution in [0.1, 0.15) is 24.2 Å². The Kier molecular flexibility index (Phi) is 6.16. The fourth-order valence-electron chi connectivity index (χ4n) is 2.61. The first-order valence-corrected chi connectivity index (χ1v) is 9.85. The summed E-state index contributed by atoms with van der Waals surface area (Å²) in [5.41, 5.74) is 1.88. The van der Waals surface area contributed by atoms with Crippen LogP contribution in [-0.2, 0) is 11.8 Å². The minimum absolute atomic E-state index is 0.0999. The zero-order valence-electron chi connectivity index (χ0n) is 15.6. The molecule has 0 fully saturated rings. The summed E-state index contributed by atoms with van der Waals surface area (Å²) < 4.78 is 1.83. The number of amides is 1. The summed E-state index contributed by atoms with van der Waals surface area (Å²) in [7, 11) is 1.85. The van der Waals surface area contributed by atoms with Crippen molar-refractivity contribution in [2.24, 2.45) is 7.05 Å². The van der Waals surface area contributed by atoms with Gasteiger partial charge >= 0.3 is 0 Å². The van der Waals surface area contributed by atoms with E-state index in [2.05, 4.69) is 15.5 Å². The summed E-state index contributed by atoms with van der Waals surface area (Å²) in [4.78, 5) is 24.3. The lowest BCUT2D eigenvalue weighted by Gasteiger charge is -2.13. The van der Waals surface area contributed by atoms with Crippen LogP contribution in [0, 0.1) is 0 Å². The van der Waals surface area contributed by atoms with Gasteiger partial charge in [0.1, 0.15) is 0 Å². The van der Waals surface area contributed by atoms with Crippen LogP contribution >= 0.6 is 23.4 Å². The second-order valence-corrected chi connectivity index (χ2v) is 7.97. The Morgan fingerprint density at radius 2 is 1.79 bits per heavy atom. The van der Waals surface area contributed by atoms with E-state index in [-0.39, 0.29) is 11.7 Å². The van der Waals surface area contributed by atoms with Gasteiger partial charge in [-0.1, -0.05) is 35.5 Å². The number of benzene rings is 2. The van der Waals surface area contributed by atoms with Crippen molar-refractivity contribution in [1.82, 2.24) is 14.8 Å². The highest BCUT2D eigenvalue weighted by Crippen LogP contribution is 2.27. The molecular formula is C20H19ClN4O2S. The number of hydrogen-bond donors (Lipinski definition) is 1. The number of Topliss-reactive ketones (excluding diaryl/α,β-unsaturated/α-hetero) is 1. The third-order valence-electron chi connectivity index (χ3n) is 4.15. The first-order chi connectivity index (χ1) is 13.4. The zero-order chi connectivity index (χ0) is 20.3. The number of hydrogen-bond acceptors (Lipinski definition) is 5. The van der Waals surface area contributed by atoms with E-state index >= 15 is 0 Å². The number of ketones is 1. The van der Waals surface area contributed by atoms with Gasteiger partial charge in [-0.2, -0.15) is 0 Å². The van der Waals surface area contributed by atoms with E-state index < -0.39 is 5.25 Å². The summed E-state index contributed by atoms with van der Waals surface area (Å²) in [5, 5.41) is 12.1. The van der Waals surface area contributed by atoms with Crippen LogP contribution in [0.5, 0.6) is 0 Å². The van der Waals surface area contributed by atoms with Gasteiger partial charge in [-0.05, 0) is 50.2 Å². The van der Waals surface area contributed by atoms with Crippen molar-refractivity contribution in [2.45, 2.75) is 24.3 Å². The Labute approximate surface area is 172 Å². The number of nitrogens with one attached hydrogen (secondary N) is 1. The predicted molar refractivity (Wildman–Crippen MR) is 112 cm³/mol. The maximum atomic E-state index is 12.6. The van der Waals surface area contributed by atoms with E-state index in [0.717, 1.165) is 5.56 Å². The molecule has 0 aliphatic heterocycles. The number of anilines is 1. The molecule has 1 aromatic heterocycles. The van der Waals surface area contributed by atoms with Crippen molar-refractivity contribution in [3.8, 4) is 11.4 Å². The maximum Gasteiger partial charge on any atom is 0.237 e. The van der Waals surface area contributed by atoms with E-state index in [9.17, 15) is 9.59 Å². The molecule has 0 aliphatic rings. The Balaban J connectivity index is 1.73. The molecule has 0 bridgehead atoms. The molecule has 28 heavy (non-hydrogen) atoms. The highest BCUT2D eigenvalue weighted by molar-refractivity contribution is 8.00. The zero-order valence-corrected chi connectivity index (χ0v) is 17.2. The largest absolute Gasteiger partial charge is 0.324 e. The van der Waals surface area contributed by atoms with Crippen LogP contribution < -0.4 is 5.32 Å². The molecule has 0 unspecified atom stereocenters. The summed E-state index contributed by atoms with van der Waals surface area (Å²) in [6.45, 7) is 3.26. The van der Waals surface area contributed by atoms with Crippen LogP contribution in [0.2, 0.25) is 5.02 Å². The molecule has 3 aromatic rings. The minimum atomic E-state index is -0.430. The molecule has 8 heteroatoms. The molecule has 0 aliphatic carbocycles. The molecule has 2 aromatic carbocycles. The van der Waals surface area contributed by atoms with Gasteiger partial charge in [0.2, 0.25) is 5.91 Å². The average Bonchev–Trinajstić information content (AvgIpc) is 3.03. The Morgan fingerprint density at radius 3 is 2.46 bits per heavy atom. The van der Waals surface area contributed by atoms with Gasteiger partial charge in [-0.15, -0.1) is 10.2 Å². The van der Waals surface area contributed by atoms with E-state index in [1.165, 1.54) is 18.7 Å². The van der Waals surface area contributed by atoms with E-state index in [4.69, 9.17) is 11.6 Å². The van der Waals surface area contributed by atoms with E-state index in [1.54, 1.807) is 43.3 Å². The number of carbonyl (C=O) groups is 2. The fraction of sp³-hybridized carbons (Fsp3) is 0.200. The van der Waals surface area contributed by atoms with Crippen LogP contribution in [0.15, 0.2) is 53.7 Å². The summed E-state index contributed by atoms with van der Waals surface area (Å²) in [6, 6.07) is 14.3. The molecule has 0 saturated carbocycles. The predicted octanol–water partition coefficient (Wildman–Crippen LogP) is 4.46. The number of carbonyl (C=O) groups excluding carboxylic acids is 2. The maximum absolute atomic E-state index is 12.6. The lowest BCUT2D eigenvalue weighted by atomic mass is 10.1. The highest BCUT2D eigenvalue weighted by Gasteiger charge is 2.20. The second-order valence-electron chi connectivity index (χ2n) is 6.22. The SMILES string of the molecule is CC(=O)c1ccccc1NC(=O)[C@@H](C)Sc1nnc(-c2ccc(Cl)cc2)n1C. The normalized spacial score (nSPS) is 11.9. The first-order valence-electron chi connectivity index (χ1n) is 8.59. The molecule has 6 nitrogen and oxygen atoms in total. The molecule has 0 saturated heterocycles. The van der Waals surface area contributed by atoms with Gasteiger partial charge in [-0.3, -0.25) is 9.59 Å². The summed E-state index contributed by atoms with van der Waals surface area (Å²) >= 11 is 7.23. The standard InChI is InChI=1S/C20H19ClN4O2S/c1-12(26)16-6-4-5-7-17(16)22-19(27)13(2)28-20-24-23-18(25(20)3)14-8-10-15(21)11-9-14/h4-11,13H,1-3H3,(H,22,27)/t13-/m1/s1. The third-order valence-corrected chi connectivity index (χ3v) is 5.54. The number of aromatic nitrogens is 3. The molecule has 1 heterocycles. The summed E-state index contributed by atoms with van der Waals surface area (Å²) in [5.74, 6) is 0.376. The fourth-order valence-corrected chi connectivity index (χ4v) is 3.55. The van der Waals surface area contributed by atoms with Crippen LogP contribution in [0.4, 0.5) is 5.69 Å². The molecule has 1 atom stereocenters. The minimum Gasteiger partial charge on any atom is -0.324 e.